The van der Waals surface area contributed by atoms with Crippen LogP contribution in [0.4, 0.5) is 0 Å². The Bertz CT molecular complexity index is 2710. The van der Waals surface area contributed by atoms with Crippen LogP contribution in [0.1, 0.15) is 24.2 Å². The van der Waals surface area contributed by atoms with E-state index in [1.54, 1.807) is 0 Å². The van der Waals surface area contributed by atoms with Gasteiger partial charge in [-0.15, -0.1) is 0 Å². The molecule has 8 aromatic rings. The van der Waals surface area contributed by atoms with E-state index in [1.165, 1.54) is 60.3 Å². The van der Waals surface area contributed by atoms with Gasteiger partial charge >= 0.3 is 0 Å². The first-order valence-corrected chi connectivity index (χ1v) is 17.4. The predicted molar refractivity (Wildman–Crippen MR) is 216 cm³/mol. The van der Waals surface area contributed by atoms with E-state index in [0.29, 0.717) is 5.84 Å². The summed E-state index contributed by atoms with van der Waals surface area (Å²) < 4.78 is 2.44. The highest BCUT2D eigenvalue weighted by molar-refractivity contribution is 6.26. The topological polar surface area (TPSA) is 32.4 Å². The first kappa shape index (κ1) is 30.5. The van der Waals surface area contributed by atoms with Crippen molar-refractivity contribution >= 4 is 49.8 Å². The Labute approximate surface area is 297 Å². The van der Waals surface area contributed by atoms with Crippen molar-refractivity contribution in [3.05, 3.63) is 187 Å². The van der Waals surface area contributed by atoms with Gasteiger partial charge in [0, 0.05) is 39.7 Å². The van der Waals surface area contributed by atoms with Crippen LogP contribution in [0.2, 0.25) is 0 Å². The highest BCUT2D eigenvalue weighted by atomic mass is 15.3. The van der Waals surface area contributed by atoms with E-state index in [9.17, 15) is 0 Å². The number of amidine groups is 2. The Morgan fingerprint density at radius 2 is 1.18 bits per heavy atom. The number of hydrogen-bond acceptors (Lipinski definition) is 3. The SMILES string of the molecule is C=C/C=C(\C=C/C)C1=NC(c2ccc3c(c2)c2cc(-c4ccccc4)cc4c5cc(-c6ccccc6)ccc5n3c24)=NC(c2ccccc2)N1C. The molecule has 0 radical (unpaired) electrons. The number of benzene rings is 6. The molecule has 0 spiro atoms. The first-order valence-electron chi connectivity index (χ1n) is 17.4. The van der Waals surface area contributed by atoms with Crippen LogP contribution in [0.3, 0.4) is 0 Å². The average Bonchev–Trinajstić information content (AvgIpc) is 3.70. The van der Waals surface area contributed by atoms with E-state index in [-0.39, 0.29) is 6.17 Å². The van der Waals surface area contributed by atoms with Crippen LogP contribution in [-0.2, 0) is 0 Å². The normalized spacial score (nSPS) is 15.4. The van der Waals surface area contributed by atoms with E-state index in [2.05, 4.69) is 162 Å². The Morgan fingerprint density at radius 3 is 1.78 bits per heavy atom. The molecule has 4 heteroatoms. The van der Waals surface area contributed by atoms with Crippen molar-refractivity contribution in [1.82, 2.24) is 9.30 Å². The smallest absolute Gasteiger partial charge is 0.159 e. The standard InChI is InChI=1S/C47H36N4/c1-4-15-33(16-5-2)46-48-45(49-47(50(46)3)34-21-13-8-14-22-34)36-24-26-43-39(28-36)41-30-37(32-19-11-7-12-20-32)29-40-38-27-35(31-17-9-6-10-18-31)23-25-42(38)51(43)44(40)41/h4-30,47H,1H2,2-3H3/b16-5-,33-15+. The quantitative estimate of drug-likeness (QED) is 0.157. The van der Waals surface area contributed by atoms with E-state index < -0.39 is 0 Å². The van der Waals surface area contributed by atoms with Crippen LogP contribution in [0.25, 0.3) is 60.3 Å². The van der Waals surface area contributed by atoms with Crippen molar-refractivity contribution in [3.8, 4) is 22.3 Å². The number of aliphatic imine (C=N–C) groups is 2. The minimum atomic E-state index is -0.231. The summed E-state index contributed by atoms with van der Waals surface area (Å²) in [6.07, 6.45) is 7.71. The Morgan fingerprint density at radius 1 is 0.627 bits per heavy atom. The van der Waals surface area contributed by atoms with Crippen LogP contribution < -0.4 is 0 Å². The summed E-state index contributed by atoms with van der Waals surface area (Å²) in [5.74, 6) is 1.57. The summed E-state index contributed by atoms with van der Waals surface area (Å²) in [5.41, 5.74) is 11.5. The Balaban J connectivity index is 1.30. The lowest BCUT2D eigenvalue weighted by molar-refractivity contribution is 0.383. The molecule has 6 aromatic carbocycles. The minimum absolute atomic E-state index is 0.231. The second-order valence-corrected chi connectivity index (χ2v) is 13.1. The van der Waals surface area contributed by atoms with Crippen LogP contribution in [0, 0.1) is 0 Å². The van der Waals surface area contributed by atoms with Crippen LogP contribution in [0.15, 0.2) is 186 Å². The molecule has 1 atom stereocenters. The summed E-state index contributed by atoms with van der Waals surface area (Å²) in [5, 5.41) is 4.91. The molecule has 1 unspecified atom stereocenters. The maximum Gasteiger partial charge on any atom is 0.159 e. The van der Waals surface area contributed by atoms with E-state index in [1.807, 2.05) is 31.2 Å². The molecule has 0 bridgehead atoms. The number of allylic oxidation sites excluding steroid dienone is 3. The van der Waals surface area contributed by atoms with Gasteiger partial charge < -0.3 is 9.30 Å². The third kappa shape index (κ3) is 5.07. The highest BCUT2D eigenvalue weighted by Crippen LogP contribution is 2.43. The average molecular weight is 657 g/mol. The molecule has 9 rings (SSSR count). The highest BCUT2D eigenvalue weighted by Gasteiger charge is 2.28. The molecule has 0 fully saturated rings. The van der Waals surface area contributed by atoms with Gasteiger partial charge in [0.1, 0.15) is 12.0 Å². The van der Waals surface area contributed by atoms with Gasteiger partial charge in [0.25, 0.3) is 0 Å². The second kappa shape index (κ2) is 12.4. The van der Waals surface area contributed by atoms with Crippen molar-refractivity contribution in [2.75, 3.05) is 7.05 Å². The monoisotopic (exact) mass is 656 g/mol. The molecule has 0 aliphatic carbocycles. The maximum absolute atomic E-state index is 5.29. The van der Waals surface area contributed by atoms with Crippen molar-refractivity contribution in [2.24, 2.45) is 9.98 Å². The lowest BCUT2D eigenvalue weighted by atomic mass is 9.97. The van der Waals surface area contributed by atoms with Crippen molar-refractivity contribution in [3.63, 3.8) is 0 Å². The van der Waals surface area contributed by atoms with Crippen LogP contribution >= 0.6 is 0 Å². The third-order valence-electron chi connectivity index (χ3n) is 10.0. The molecule has 1 aliphatic rings. The Hall–Kier alpha value is -6.52. The van der Waals surface area contributed by atoms with E-state index in [4.69, 9.17) is 9.98 Å². The van der Waals surface area contributed by atoms with Gasteiger partial charge in [-0.1, -0.05) is 128 Å². The zero-order valence-corrected chi connectivity index (χ0v) is 28.7. The first-order chi connectivity index (χ1) is 25.1. The fraction of sp³-hybridized carbons (Fsp3) is 0.0638. The lowest BCUT2D eigenvalue weighted by Crippen LogP contribution is -2.35. The summed E-state index contributed by atoms with van der Waals surface area (Å²) in [4.78, 5) is 12.7. The summed E-state index contributed by atoms with van der Waals surface area (Å²) >= 11 is 0. The van der Waals surface area contributed by atoms with Crippen LogP contribution in [-0.4, -0.2) is 28.0 Å². The summed E-state index contributed by atoms with van der Waals surface area (Å²) in [6.45, 7) is 6.01. The van der Waals surface area contributed by atoms with Crippen molar-refractivity contribution < 1.29 is 0 Å². The molecule has 0 amide bonds. The van der Waals surface area contributed by atoms with Gasteiger partial charge in [0.2, 0.25) is 0 Å². The molecule has 0 N–H and O–H groups in total. The molecule has 0 saturated carbocycles. The van der Waals surface area contributed by atoms with Gasteiger partial charge in [-0.05, 0) is 77.2 Å². The third-order valence-corrected chi connectivity index (χ3v) is 10.0. The molecule has 2 aromatic heterocycles. The Kier molecular flexibility index (Phi) is 7.44. The van der Waals surface area contributed by atoms with Gasteiger partial charge in [0.15, 0.2) is 5.84 Å². The van der Waals surface area contributed by atoms with E-state index in [0.717, 1.165) is 22.5 Å². The minimum Gasteiger partial charge on any atom is -0.333 e. The maximum atomic E-state index is 5.29. The molecule has 1 aliphatic heterocycles. The fourth-order valence-electron chi connectivity index (χ4n) is 7.66. The predicted octanol–water partition coefficient (Wildman–Crippen LogP) is 11.6. The number of hydrogen-bond donors (Lipinski definition) is 0. The number of fused-ring (bicyclic) bond motifs is 6. The van der Waals surface area contributed by atoms with Gasteiger partial charge in [-0.25, -0.2) is 9.98 Å². The molecule has 4 nitrogen and oxygen atoms in total. The number of likely N-dealkylation sites (N-methyl/N-ethyl adjacent to an activating group) is 1. The van der Waals surface area contributed by atoms with Gasteiger partial charge in [-0.2, -0.15) is 0 Å². The van der Waals surface area contributed by atoms with Gasteiger partial charge in [0.05, 0.1) is 16.6 Å². The zero-order valence-electron chi connectivity index (χ0n) is 28.7. The van der Waals surface area contributed by atoms with Crippen molar-refractivity contribution in [1.29, 1.82) is 0 Å². The van der Waals surface area contributed by atoms with Gasteiger partial charge in [-0.3, -0.25) is 0 Å². The second-order valence-electron chi connectivity index (χ2n) is 13.1. The lowest BCUT2D eigenvalue weighted by Gasteiger charge is -2.32. The van der Waals surface area contributed by atoms with E-state index >= 15 is 0 Å². The molecular weight excluding hydrogens is 621 g/mol. The summed E-state index contributed by atoms with van der Waals surface area (Å²) in [7, 11) is 2.06. The zero-order chi connectivity index (χ0) is 34.5. The molecule has 3 heterocycles. The molecular formula is C47H36N4. The number of nitrogens with zero attached hydrogens (tertiary/aromatic N) is 4. The number of rotatable bonds is 7. The summed E-state index contributed by atoms with van der Waals surface area (Å²) in [6, 6.07) is 50.1. The van der Waals surface area contributed by atoms with Crippen molar-refractivity contribution in [2.45, 2.75) is 13.1 Å². The van der Waals surface area contributed by atoms with Crippen LogP contribution in [0.5, 0.6) is 0 Å². The molecule has 51 heavy (non-hydrogen) atoms. The molecule has 244 valence electrons. The fourth-order valence-corrected chi connectivity index (χ4v) is 7.66. The number of aromatic nitrogens is 1. The largest absolute Gasteiger partial charge is 0.333 e. The molecule has 0 saturated heterocycles.